The Morgan fingerprint density at radius 1 is 1.06 bits per heavy atom. The fourth-order valence-electron chi connectivity index (χ4n) is 7.67. The minimum atomic E-state index is -1.90. The van der Waals surface area contributed by atoms with E-state index >= 15 is 0 Å². The highest BCUT2D eigenvalue weighted by Crippen LogP contribution is 2.68. The number of ketones is 2. The van der Waals surface area contributed by atoms with Crippen LogP contribution in [-0.4, -0.2) is 46.9 Å². The fourth-order valence-corrected chi connectivity index (χ4v) is 7.67. The van der Waals surface area contributed by atoms with Gasteiger partial charge in [-0.25, -0.2) is 0 Å². The Hall–Kier alpha value is -2.02. The minimum Gasteiger partial charge on any atom is -0.459 e. The largest absolute Gasteiger partial charge is 0.459 e. The molecule has 3 saturated carbocycles. The van der Waals surface area contributed by atoms with Crippen molar-refractivity contribution in [3.05, 3.63) is 11.6 Å². The molecule has 3 fully saturated rings. The minimum absolute atomic E-state index is 0.00659. The van der Waals surface area contributed by atoms with Gasteiger partial charge < -0.3 is 14.6 Å². The molecule has 0 aromatic carbocycles. The maximum absolute atomic E-state index is 13.2. The number of carbonyl (C=O) groups is 4. The van der Waals surface area contributed by atoms with E-state index in [-0.39, 0.29) is 23.0 Å². The van der Waals surface area contributed by atoms with Gasteiger partial charge in [-0.05, 0) is 67.8 Å². The molecule has 7 heteroatoms. The highest BCUT2D eigenvalue weighted by atomic mass is 16.6. The topological polar surface area (TPSA) is 107 Å². The van der Waals surface area contributed by atoms with Crippen LogP contribution in [0.25, 0.3) is 0 Å². The van der Waals surface area contributed by atoms with E-state index in [1.54, 1.807) is 0 Å². The average molecular weight is 447 g/mol. The highest BCUT2D eigenvalue weighted by Gasteiger charge is 2.71. The van der Waals surface area contributed by atoms with E-state index in [2.05, 4.69) is 6.92 Å². The smallest absolute Gasteiger partial charge is 0.303 e. The second kappa shape index (κ2) is 7.79. The molecule has 0 bridgehead atoms. The van der Waals surface area contributed by atoms with Gasteiger partial charge >= 0.3 is 11.9 Å². The maximum atomic E-state index is 13.2. The van der Waals surface area contributed by atoms with Crippen LogP contribution < -0.4 is 0 Å². The summed E-state index contributed by atoms with van der Waals surface area (Å²) < 4.78 is 10.5. The molecule has 0 saturated heterocycles. The van der Waals surface area contributed by atoms with Gasteiger partial charge in [0.05, 0.1) is 0 Å². The van der Waals surface area contributed by atoms with Gasteiger partial charge in [-0.2, -0.15) is 0 Å². The first kappa shape index (κ1) is 23.1. The second-order valence-electron chi connectivity index (χ2n) is 10.7. The molecule has 4 aliphatic rings. The molecule has 4 aliphatic carbocycles. The number of fused-ring (bicyclic) bond motifs is 5. The third kappa shape index (κ3) is 3.27. The molecule has 176 valence electrons. The van der Waals surface area contributed by atoms with Crippen molar-refractivity contribution in [2.75, 3.05) is 6.61 Å². The van der Waals surface area contributed by atoms with Crippen LogP contribution in [0.3, 0.4) is 0 Å². The Bertz CT molecular complexity index is 891. The summed E-state index contributed by atoms with van der Waals surface area (Å²) >= 11 is 0. The first-order valence-electron chi connectivity index (χ1n) is 11.7. The number of allylic oxidation sites excluding steroid dienone is 1. The zero-order valence-corrected chi connectivity index (χ0v) is 19.4. The first-order chi connectivity index (χ1) is 14.9. The summed E-state index contributed by atoms with van der Waals surface area (Å²) in [7, 11) is 0. The quantitative estimate of drug-likeness (QED) is 0.662. The summed E-state index contributed by atoms with van der Waals surface area (Å²) in [6.45, 7) is 6.16. The van der Waals surface area contributed by atoms with E-state index in [1.165, 1.54) is 19.4 Å². The van der Waals surface area contributed by atoms with Gasteiger partial charge in [0.25, 0.3) is 0 Å². The average Bonchev–Trinajstić information content (AvgIpc) is 2.94. The SMILES string of the molecule is CC(=O)OCC(=O)[C@@]1(O)[C@H](OC(C)=O)C[C@H]2[C@@H]3CCC4=CC(=O)CC[C@]4(C)[C@H]3CC[C@@]21C. The lowest BCUT2D eigenvalue weighted by Crippen LogP contribution is -2.61. The van der Waals surface area contributed by atoms with E-state index in [0.717, 1.165) is 25.7 Å². The van der Waals surface area contributed by atoms with Gasteiger partial charge in [0.2, 0.25) is 5.78 Å². The van der Waals surface area contributed by atoms with Crippen LogP contribution in [-0.2, 0) is 28.7 Å². The lowest BCUT2D eigenvalue weighted by Gasteiger charge is -2.58. The molecule has 0 aromatic heterocycles. The molecule has 7 atom stereocenters. The van der Waals surface area contributed by atoms with Crippen molar-refractivity contribution in [3.8, 4) is 0 Å². The van der Waals surface area contributed by atoms with Crippen molar-refractivity contribution < 1.29 is 33.8 Å². The molecule has 0 radical (unpaired) electrons. The normalized spacial score (nSPS) is 42.8. The standard InChI is InChI=1S/C25H34O7/c1-14(26)31-13-21(29)25(30)22(32-15(2)27)12-20-18-6-5-16-11-17(28)7-9-23(16,3)19(18)8-10-24(20,25)4/h11,18-20,22,30H,5-10,12-13H2,1-4H3/t18-,19+,20+,22-,23+,24+,25-/m1/s1. The molecule has 0 heterocycles. The third-order valence-electron chi connectivity index (χ3n) is 9.30. The predicted molar refractivity (Wildman–Crippen MR) is 114 cm³/mol. The second-order valence-corrected chi connectivity index (χ2v) is 10.7. The number of hydrogen-bond donors (Lipinski definition) is 1. The van der Waals surface area contributed by atoms with E-state index in [9.17, 15) is 24.3 Å². The summed E-state index contributed by atoms with van der Waals surface area (Å²) in [5.41, 5.74) is -1.48. The van der Waals surface area contributed by atoms with Crippen LogP contribution in [0.1, 0.15) is 72.6 Å². The van der Waals surface area contributed by atoms with Gasteiger partial charge in [-0.15, -0.1) is 0 Å². The van der Waals surface area contributed by atoms with Gasteiger partial charge in [0, 0.05) is 25.7 Å². The third-order valence-corrected chi connectivity index (χ3v) is 9.30. The molecule has 0 unspecified atom stereocenters. The van der Waals surface area contributed by atoms with Crippen LogP contribution >= 0.6 is 0 Å². The Kier molecular flexibility index (Phi) is 5.63. The molecule has 0 spiro atoms. The molecular formula is C25H34O7. The molecule has 0 amide bonds. The molecule has 0 aliphatic heterocycles. The molecule has 0 aromatic rings. The lowest BCUT2D eigenvalue weighted by atomic mass is 9.46. The summed E-state index contributed by atoms with van der Waals surface area (Å²) in [4.78, 5) is 48.5. The molecule has 1 N–H and O–H groups in total. The number of Topliss-reactive ketones (excluding diaryl/α,β-unsaturated/α-hetero) is 1. The van der Waals surface area contributed by atoms with Crippen LogP contribution in [0.15, 0.2) is 11.6 Å². The highest BCUT2D eigenvalue weighted by molar-refractivity contribution is 5.92. The molecule has 7 nitrogen and oxygen atoms in total. The summed E-state index contributed by atoms with van der Waals surface area (Å²) in [5.74, 6) is -0.922. The molecule has 4 rings (SSSR count). The summed E-state index contributed by atoms with van der Waals surface area (Å²) in [6.07, 6.45) is 5.86. The number of esters is 2. The Balaban J connectivity index is 1.70. The number of ether oxygens (including phenoxy) is 2. The summed E-state index contributed by atoms with van der Waals surface area (Å²) in [5, 5.41) is 11.9. The van der Waals surface area contributed by atoms with Gasteiger partial charge in [-0.3, -0.25) is 19.2 Å². The number of rotatable bonds is 4. The van der Waals surface area contributed by atoms with Gasteiger partial charge in [0.1, 0.15) is 6.10 Å². The number of aliphatic hydroxyl groups is 1. The predicted octanol–water partition coefficient (Wildman–Crippen LogP) is 2.92. The zero-order valence-electron chi connectivity index (χ0n) is 19.4. The van der Waals surface area contributed by atoms with Crippen LogP contribution in [0.5, 0.6) is 0 Å². The fraction of sp³-hybridized carbons (Fsp3) is 0.760. The Morgan fingerprint density at radius 3 is 2.44 bits per heavy atom. The van der Waals surface area contributed by atoms with E-state index in [1.807, 2.05) is 13.0 Å². The Labute approximate surface area is 188 Å². The van der Waals surface area contributed by atoms with Gasteiger partial charge in [0.15, 0.2) is 18.0 Å². The number of carbonyl (C=O) groups excluding carboxylic acids is 4. The van der Waals surface area contributed by atoms with Crippen LogP contribution in [0.4, 0.5) is 0 Å². The van der Waals surface area contributed by atoms with Crippen LogP contribution in [0, 0.1) is 28.6 Å². The lowest BCUT2D eigenvalue weighted by molar-refractivity contribution is -0.189. The van der Waals surface area contributed by atoms with E-state index in [0.29, 0.717) is 25.2 Å². The van der Waals surface area contributed by atoms with Gasteiger partial charge in [-0.1, -0.05) is 19.4 Å². The van der Waals surface area contributed by atoms with Crippen molar-refractivity contribution in [1.82, 2.24) is 0 Å². The molecule has 32 heavy (non-hydrogen) atoms. The maximum Gasteiger partial charge on any atom is 0.303 e. The van der Waals surface area contributed by atoms with Crippen molar-refractivity contribution >= 4 is 23.5 Å². The monoisotopic (exact) mass is 446 g/mol. The van der Waals surface area contributed by atoms with Crippen molar-refractivity contribution in [2.24, 2.45) is 28.6 Å². The molecular weight excluding hydrogens is 412 g/mol. The van der Waals surface area contributed by atoms with Crippen molar-refractivity contribution in [1.29, 1.82) is 0 Å². The summed E-state index contributed by atoms with van der Waals surface area (Å²) in [6, 6.07) is 0. The van der Waals surface area contributed by atoms with E-state index in [4.69, 9.17) is 9.47 Å². The first-order valence-corrected chi connectivity index (χ1v) is 11.7. The van der Waals surface area contributed by atoms with E-state index < -0.39 is 41.4 Å². The van der Waals surface area contributed by atoms with Crippen molar-refractivity contribution in [3.63, 3.8) is 0 Å². The number of hydrogen-bond acceptors (Lipinski definition) is 7. The van der Waals surface area contributed by atoms with Crippen LogP contribution in [0.2, 0.25) is 0 Å². The zero-order chi connectivity index (χ0) is 23.5. The van der Waals surface area contributed by atoms with Crippen molar-refractivity contribution in [2.45, 2.75) is 84.3 Å². The Morgan fingerprint density at radius 2 is 1.78 bits per heavy atom.